The fourth-order valence-corrected chi connectivity index (χ4v) is 1.24. The summed E-state index contributed by atoms with van der Waals surface area (Å²) in [6.45, 7) is 0. The van der Waals surface area contributed by atoms with Crippen LogP contribution in [-0.2, 0) is 6.42 Å². The summed E-state index contributed by atoms with van der Waals surface area (Å²) >= 11 is 0. The second-order valence-corrected chi connectivity index (χ2v) is 2.97. The Morgan fingerprint density at radius 3 is 3.15 bits per heavy atom. The van der Waals surface area contributed by atoms with Crippen LogP contribution in [0.4, 0.5) is 0 Å². The molecule has 3 N–H and O–H groups in total. The number of H-pyrrole nitrogens is 1. The lowest BCUT2D eigenvalue weighted by Crippen LogP contribution is -2.11. The van der Waals surface area contributed by atoms with Crippen LogP contribution in [0.3, 0.4) is 0 Å². The Morgan fingerprint density at radius 2 is 2.54 bits per heavy atom. The maximum atomic E-state index is 5.93. The van der Waals surface area contributed by atoms with Crippen LogP contribution in [0, 0.1) is 0 Å². The second-order valence-electron chi connectivity index (χ2n) is 2.97. The molecule has 0 aliphatic rings. The number of nitrogens with one attached hydrogen (secondary N) is 1. The minimum Gasteiger partial charge on any atom is -0.472 e. The molecule has 4 nitrogen and oxygen atoms in total. The molecule has 68 valence electrons. The van der Waals surface area contributed by atoms with Gasteiger partial charge in [0.1, 0.15) is 0 Å². The molecule has 0 fully saturated rings. The summed E-state index contributed by atoms with van der Waals surface area (Å²) < 4.78 is 4.95. The highest BCUT2D eigenvalue weighted by atomic mass is 16.3. The molecule has 2 heterocycles. The first kappa shape index (κ1) is 8.07. The molecule has 2 aromatic heterocycles. The molecule has 0 spiro atoms. The van der Waals surface area contributed by atoms with E-state index in [1.807, 2.05) is 12.3 Å². The number of nitrogens with two attached hydrogens (primary N) is 1. The van der Waals surface area contributed by atoms with E-state index >= 15 is 0 Å². The number of aromatic nitrogens is 2. The largest absolute Gasteiger partial charge is 0.472 e. The van der Waals surface area contributed by atoms with Gasteiger partial charge >= 0.3 is 0 Å². The first-order chi connectivity index (χ1) is 6.36. The fraction of sp³-hybridized carbons (Fsp3) is 0.222. The molecule has 0 saturated carbocycles. The van der Waals surface area contributed by atoms with Crippen LogP contribution in [0.15, 0.2) is 35.4 Å². The molecule has 13 heavy (non-hydrogen) atoms. The molecule has 0 amide bonds. The van der Waals surface area contributed by atoms with E-state index in [9.17, 15) is 0 Å². The van der Waals surface area contributed by atoms with Crippen molar-refractivity contribution >= 4 is 0 Å². The first-order valence-electron chi connectivity index (χ1n) is 4.11. The van der Waals surface area contributed by atoms with Gasteiger partial charge in [0, 0.05) is 17.8 Å². The van der Waals surface area contributed by atoms with Crippen LogP contribution in [0.1, 0.15) is 17.2 Å². The molecule has 1 atom stereocenters. The molecule has 0 bridgehead atoms. The fourth-order valence-electron chi connectivity index (χ4n) is 1.24. The van der Waals surface area contributed by atoms with Crippen molar-refractivity contribution in [2.24, 2.45) is 5.73 Å². The zero-order valence-electron chi connectivity index (χ0n) is 7.10. The lowest BCUT2D eigenvalue weighted by Gasteiger charge is -2.06. The van der Waals surface area contributed by atoms with E-state index in [4.69, 9.17) is 10.2 Å². The molecule has 0 saturated heterocycles. The Hall–Kier alpha value is -1.55. The average Bonchev–Trinajstić information content (AvgIpc) is 2.74. The van der Waals surface area contributed by atoms with Gasteiger partial charge in [-0.1, -0.05) is 0 Å². The highest BCUT2D eigenvalue weighted by Crippen LogP contribution is 2.14. The van der Waals surface area contributed by atoms with Gasteiger partial charge in [0.25, 0.3) is 0 Å². The van der Waals surface area contributed by atoms with Gasteiger partial charge in [0.15, 0.2) is 0 Å². The zero-order chi connectivity index (χ0) is 9.10. The summed E-state index contributed by atoms with van der Waals surface area (Å²) in [5, 5.41) is 6.58. The van der Waals surface area contributed by atoms with Crippen molar-refractivity contribution in [1.29, 1.82) is 0 Å². The highest BCUT2D eigenvalue weighted by Gasteiger charge is 2.08. The summed E-state index contributed by atoms with van der Waals surface area (Å²) in [5.74, 6) is 0. The Bertz CT molecular complexity index is 339. The van der Waals surface area contributed by atoms with E-state index in [-0.39, 0.29) is 6.04 Å². The number of rotatable bonds is 3. The van der Waals surface area contributed by atoms with Gasteiger partial charge in [-0.3, -0.25) is 5.10 Å². The van der Waals surface area contributed by atoms with Crippen LogP contribution in [-0.4, -0.2) is 10.2 Å². The average molecular weight is 177 g/mol. The van der Waals surface area contributed by atoms with Crippen molar-refractivity contribution < 1.29 is 4.42 Å². The first-order valence-corrected chi connectivity index (χ1v) is 4.11. The van der Waals surface area contributed by atoms with Crippen LogP contribution in [0.2, 0.25) is 0 Å². The number of hydrogen-bond donors (Lipinski definition) is 2. The van der Waals surface area contributed by atoms with E-state index in [1.165, 1.54) is 0 Å². The lowest BCUT2D eigenvalue weighted by molar-refractivity contribution is 0.561. The van der Waals surface area contributed by atoms with E-state index in [2.05, 4.69) is 10.2 Å². The normalized spacial score (nSPS) is 13.0. The van der Waals surface area contributed by atoms with Gasteiger partial charge in [0.2, 0.25) is 0 Å². The molecule has 0 radical (unpaired) electrons. The zero-order valence-corrected chi connectivity index (χ0v) is 7.10. The standard InChI is InChI=1S/C9H11N3O/c10-9(8-4-11-12-5-8)3-7-1-2-13-6-7/h1-2,4-6,9H,3,10H2,(H,11,12). The maximum absolute atomic E-state index is 5.93. The number of nitrogens with zero attached hydrogens (tertiary/aromatic N) is 1. The smallest absolute Gasteiger partial charge is 0.0935 e. The number of hydrogen-bond acceptors (Lipinski definition) is 3. The number of furan rings is 1. The van der Waals surface area contributed by atoms with E-state index in [0.29, 0.717) is 0 Å². The maximum Gasteiger partial charge on any atom is 0.0935 e. The molecule has 2 rings (SSSR count). The van der Waals surface area contributed by atoms with Gasteiger partial charge in [0.05, 0.1) is 18.7 Å². The molecule has 4 heteroatoms. The van der Waals surface area contributed by atoms with Crippen LogP contribution >= 0.6 is 0 Å². The third-order valence-electron chi connectivity index (χ3n) is 1.98. The van der Waals surface area contributed by atoms with Crippen LogP contribution in [0.5, 0.6) is 0 Å². The van der Waals surface area contributed by atoms with Crippen molar-refractivity contribution in [1.82, 2.24) is 10.2 Å². The topological polar surface area (TPSA) is 67.8 Å². The summed E-state index contributed by atoms with van der Waals surface area (Å²) in [4.78, 5) is 0. The summed E-state index contributed by atoms with van der Waals surface area (Å²) in [6, 6.07) is 1.90. The molecule has 2 aromatic rings. The lowest BCUT2D eigenvalue weighted by atomic mass is 10.1. The Morgan fingerprint density at radius 1 is 1.62 bits per heavy atom. The van der Waals surface area contributed by atoms with E-state index in [1.54, 1.807) is 18.7 Å². The van der Waals surface area contributed by atoms with Crippen molar-refractivity contribution in [3.05, 3.63) is 42.1 Å². The SMILES string of the molecule is NC(Cc1ccoc1)c1cn[nH]c1. The van der Waals surface area contributed by atoms with Gasteiger partial charge < -0.3 is 10.2 Å². The van der Waals surface area contributed by atoms with Crippen molar-refractivity contribution in [3.63, 3.8) is 0 Å². The molecule has 0 aliphatic heterocycles. The molecular weight excluding hydrogens is 166 g/mol. The monoisotopic (exact) mass is 177 g/mol. The minimum atomic E-state index is -0.0173. The van der Waals surface area contributed by atoms with Gasteiger partial charge in [-0.25, -0.2) is 0 Å². The van der Waals surface area contributed by atoms with Gasteiger partial charge in [-0.2, -0.15) is 5.10 Å². The van der Waals surface area contributed by atoms with E-state index < -0.39 is 0 Å². The van der Waals surface area contributed by atoms with Crippen molar-refractivity contribution in [2.45, 2.75) is 12.5 Å². The van der Waals surface area contributed by atoms with Crippen molar-refractivity contribution in [3.8, 4) is 0 Å². The van der Waals surface area contributed by atoms with Crippen molar-refractivity contribution in [2.75, 3.05) is 0 Å². The summed E-state index contributed by atoms with van der Waals surface area (Å²) in [6.07, 6.45) is 7.68. The third kappa shape index (κ3) is 1.78. The van der Waals surface area contributed by atoms with Crippen LogP contribution in [0.25, 0.3) is 0 Å². The van der Waals surface area contributed by atoms with Gasteiger partial charge in [-0.05, 0) is 18.1 Å². The third-order valence-corrected chi connectivity index (χ3v) is 1.98. The molecular formula is C9H11N3O. The second kappa shape index (κ2) is 3.45. The highest BCUT2D eigenvalue weighted by molar-refractivity contribution is 5.15. The molecule has 1 unspecified atom stereocenters. The van der Waals surface area contributed by atoms with E-state index in [0.717, 1.165) is 17.5 Å². The molecule has 0 aromatic carbocycles. The number of aromatic amines is 1. The Kier molecular flexibility index (Phi) is 2.14. The Labute approximate surface area is 75.7 Å². The molecule has 0 aliphatic carbocycles. The van der Waals surface area contributed by atoms with Gasteiger partial charge in [-0.15, -0.1) is 0 Å². The minimum absolute atomic E-state index is 0.0173. The summed E-state index contributed by atoms with van der Waals surface area (Å²) in [7, 11) is 0. The summed E-state index contributed by atoms with van der Waals surface area (Å²) in [5.41, 5.74) is 8.05. The Balaban J connectivity index is 2.04. The predicted molar refractivity (Wildman–Crippen MR) is 47.9 cm³/mol. The predicted octanol–water partition coefficient (Wildman–Crippen LogP) is 1.25. The van der Waals surface area contributed by atoms with Crippen LogP contribution < -0.4 is 5.73 Å². The quantitative estimate of drug-likeness (QED) is 0.741.